The molecule has 0 spiro atoms. The summed E-state index contributed by atoms with van der Waals surface area (Å²) >= 11 is 1.27. The lowest BCUT2D eigenvalue weighted by Gasteiger charge is -2.20. The van der Waals surface area contributed by atoms with E-state index in [1.165, 1.54) is 29.7 Å². The van der Waals surface area contributed by atoms with Crippen LogP contribution in [0.5, 0.6) is 0 Å². The molecule has 1 fully saturated rings. The van der Waals surface area contributed by atoms with E-state index in [-0.39, 0.29) is 23.6 Å². The lowest BCUT2D eigenvalue weighted by Crippen LogP contribution is -2.43. The van der Waals surface area contributed by atoms with Crippen LogP contribution in [0.3, 0.4) is 0 Å². The molecule has 0 bridgehead atoms. The number of hydrogen-bond donors (Lipinski definition) is 1. The summed E-state index contributed by atoms with van der Waals surface area (Å²) in [7, 11) is -0.321. The molecule has 1 aliphatic heterocycles. The Bertz CT molecular complexity index is 612. The molecule has 1 amide bonds. The average Bonchev–Trinajstić information content (AvgIpc) is 2.98. The van der Waals surface area contributed by atoms with Crippen LogP contribution in [0.1, 0.15) is 15.4 Å². The number of hydrogen-bond acceptors (Lipinski definition) is 6. The van der Waals surface area contributed by atoms with Gasteiger partial charge in [-0.3, -0.25) is 4.79 Å². The van der Waals surface area contributed by atoms with Crippen LogP contribution in [0.25, 0.3) is 0 Å². The quantitative estimate of drug-likeness (QED) is 0.825. The molecule has 0 radical (unpaired) electrons. The number of nitrogens with one attached hydrogen (secondary N) is 1. The normalized spacial score (nSPS) is 22.7. The summed E-state index contributed by atoms with van der Waals surface area (Å²) in [6.07, 6.45) is 0. The largest absolute Gasteiger partial charge is 0.379 e. The molecule has 118 valence electrons. The van der Waals surface area contributed by atoms with Gasteiger partial charge in [-0.25, -0.2) is 17.7 Å². The number of amides is 1. The van der Waals surface area contributed by atoms with E-state index in [2.05, 4.69) is 10.3 Å². The summed E-state index contributed by atoms with van der Waals surface area (Å²) in [6.45, 7) is 2.43. The van der Waals surface area contributed by atoms with Crippen molar-refractivity contribution in [3.05, 3.63) is 16.1 Å². The van der Waals surface area contributed by atoms with Gasteiger partial charge in [0.15, 0.2) is 0 Å². The van der Waals surface area contributed by atoms with E-state index in [4.69, 9.17) is 4.74 Å². The SMILES string of the molecule is Cc1ncsc1C(=O)N[C@@H]1COC[C@H]1CS(=O)(=O)N(C)C. The fourth-order valence-corrected chi connectivity index (χ4v) is 3.97. The van der Waals surface area contributed by atoms with Crippen molar-refractivity contribution in [2.24, 2.45) is 5.92 Å². The summed E-state index contributed by atoms with van der Waals surface area (Å²) in [6, 6.07) is -0.297. The molecular weight excluding hydrogens is 314 g/mol. The van der Waals surface area contributed by atoms with Crippen LogP contribution in [0.15, 0.2) is 5.51 Å². The Hall–Kier alpha value is -1.03. The minimum absolute atomic E-state index is 0.0351. The second-order valence-corrected chi connectivity index (χ2v) is 8.29. The van der Waals surface area contributed by atoms with Crippen LogP contribution in [0.4, 0.5) is 0 Å². The van der Waals surface area contributed by atoms with E-state index in [0.29, 0.717) is 23.8 Å². The minimum atomic E-state index is -3.32. The monoisotopic (exact) mass is 333 g/mol. The Morgan fingerprint density at radius 3 is 2.81 bits per heavy atom. The Kier molecular flexibility index (Phi) is 4.97. The number of rotatable bonds is 5. The van der Waals surface area contributed by atoms with Crippen LogP contribution in [-0.2, 0) is 14.8 Å². The number of carbonyl (C=O) groups excluding carboxylic acids is 1. The second kappa shape index (κ2) is 6.39. The van der Waals surface area contributed by atoms with E-state index >= 15 is 0 Å². The highest BCUT2D eigenvalue weighted by atomic mass is 32.2. The molecule has 7 nitrogen and oxygen atoms in total. The fourth-order valence-electron chi connectivity index (χ4n) is 2.10. The Morgan fingerprint density at radius 1 is 1.52 bits per heavy atom. The van der Waals surface area contributed by atoms with Crippen LogP contribution in [0, 0.1) is 12.8 Å². The topological polar surface area (TPSA) is 88.6 Å². The van der Waals surface area contributed by atoms with E-state index in [1.54, 1.807) is 12.4 Å². The third kappa shape index (κ3) is 3.79. The number of carbonyl (C=O) groups is 1. The van der Waals surface area contributed by atoms with Crippen molar-refractivity contribution >= 4 is 27.3 Å². The van der Waals surface area contributed by atoms with Gasteiger partial charge in [0.1, 0.15) is 4.88 Å². The third-order valence-electron chi connectivity index (χ3n) is 3.45. The molecule has 2 atom stereocenters. The van der Waals surface area contributed by atoms with Gasteiger partial charge in [-0.1, -0.05) is 0 Å². The lowest BCUT2D eigenvalue weighted by molar-refractivity contribution is 0.0929. The van der Waals surface area contributed by atoms with E-state index in [1.807, 2.05) is 0 Å². The molecule has 2 rings (SSSR count). The number of aryl methyl sites for hydroxylation is 1. The first kappa shape index (κ1) is 16.3. The average molecular weight is 333 g/mol. The number of sulfonamides is 1. The second-order valence-electron chi connectivity index (χ2n) is 5.21. The van der Waals surface area contributed by atoms with E-state index in [9.17, 15) is 13.2 Å². The number of thiazole rings is 1. The lowest BCUT2D eigenvalue weighted by atomic mass is 10.1. The van der Waals surface area contributed by atoms with Crippen molar-refractivity contribution in [3.8, 4) is 0 Å². The van der Waals surface area contributed by atoms with Gasteiger partial charge in [0.25, 0.3) is 5.91 Å². The van der Waals surface area contributed by atoms with Gasteiger partial charge in [-0.2, -0.15) is 0 Å². The fraction of sp³-hybridized carbons (Fsp3) is 0.667. The van der Waals surface area contributed by atoms with Crippen molar-refractivity contribution < 1.29 is 17.9 Å². The molecule has 2 heterocycles. The van der Waals surface area contributed by atoms with Gasteiger partial charge < -0.3 is 10.1 Å². The minimum Gasteiger partial charge on any atom is -0.379 e. The molecule has 0 saturated carbocycles. The summed E-state index contributed by atoms with van der Waals surface area (Å²) in [5, 5.41) is 2.86. The Morgan fingerprint density at radius 2 is 2.24 bits per heavy atom. The molecule has 1 N–H and O–H groups in total. The predicted octanol–water partition coefficient (Wildman–Crippen LogP) is 0.0877. The maximum atomic E-state index is 12.2. The summed E-state index contributed by atoms with van der Waals surface area (Å²) in [4.78, 5) is 16.8. The highest BCUT2D eigenvalue weighted by Crippen LogP contribution is 2.19. The van der Waals surface area contributed by atoms with Gasteiger partial charge in [0.2, 0.25) is 10.0 Å². The standard InChI is InChI=1S/C12H19N3O4S2/c1-8-11(20-7-13-8)12(16)14-10-5-19-4-9(10)6-21(17,18)15(2)3/h7,9-10H,4-6H2,1-3H3,(H,14,16)/t9-,10+/m0/s1. The van der Waals surface area contributed by atoms with Gasteiger partial charge in [0, 0.05) is 20.0 Å². The molecule has 21 heavy (non-hydrogen) atoms. The smallest absolute Gasteiger partial charge is 0.263 e. The zero-order chi connectivity index (χ0) is 15.6. The van der Waals surface area contributed by atoms with Crippen LogP contribution < -0.4 is 5.32 Å². The summed E-state index contributed by atoms with van der Waals surface area (Å²) < 4.78 is 30.4. The molecule has 9 heteroatoms. The van der Waals surface area contributed by atoms with Crippen LogP contribution in [-0.4, -0.2) is 62.7 Å². The van der Waals surface area contributed by atoms with Crippen LogP contribution in [0.2, 0.25) is 0 Å². The first-order chi connectivity index (χ1) is 9.81. The highest BCUT2D eigenvalue weighted by Gasteiger charge is 2.34. The predicted molar refractivity (Wildman–Crippen MR) is 79.9 cm³/mol. The zero-order valence-electron chi connectivity index (χ0n) is 12.2. The summed E-state index contributed by atoms with van der Waals surface area (Å²) in [5.74, 6) is -0.501. The van der Waals surface area contributed by atoms with Crippen molar-refractivity contribution in [2.75, 3.05) is 33.1 Å². The van der Waals surface area contributed by atoms with Crippen LogP contribution >= 0.6 is 11.3 Å². The maximum Gasteiger partial charge on any atom is 0.263 e. The molecule has 1 aromatic rings. The molecule has 1 saturated heterocycles. The molecule has 0 aliphatic carbocycles. The van der Waals surface area contributed by atoms with Gasteiger partial charge >= 0.3 is 0 Å². The van der Waals surface area contributed by atoms with Crippen molar-refractivity contribution in [2.45, 2.75) is 13.0 Å². The molecule has 1 aliphatic rings. The van der Waals surface area contributed by atoms with Gasteiger partial charge in [-0.15, -0.1) is 11.3 Å². The first-order valence-corrected chi connectivity index (χ1v) is 8.99. The molecule has 0 aromatic carbocycles. The first-order valence-electron chi connectivity index (χ1n) is 6.50. The number of aromatic nitrogens is 1. The number of nitrogens with zero attached hydrogens (tertiary/aromatic N) is 2. The van der Waals surface area contributed by atoms with Gasteiger partial charge in [0.05, 0.1) is 36.2 Å². The van der Waals surface area contributed by atoms with Crippen molar-refractivity contribution in [1.82, 2.24) is 14.6 Å². The highest BCUT2D eigenvalue weighted by molar-refractivity contribution is 7.89. The van der Waals surface area contributed by atoms with E-state index < -0.39 is 10.0 Å². The number of ether oxygens (including phenoxy) is 1. The Balaban J connectivity index is 2.03. The van der Waals surface area contributed by atoms with Crippen molar-refractivity contribution in [1.29, 1.82) is 0 Å². The van der Waals surface area contributed by atoms with Crippen molar-refractivity contribution in [3.63, 3.8) is 0 Å². The van der Waals surface area contributed by atoms with E-state index in [0.717, 1.165) is 0 Å². The summed E-state index contributed by atoms with van der Waals surface area (Å²) in [5.41, 5.74) is 2.29. The molecular formula is C12H19N3O4S2. The zero-order valence-corrected chi connectivity index (χ0v) is 13.8. The molecule has 0 unspecified atom stereocenters. The third-order valence-corrected chi connectivity index (χ3v) is 6.34. The van der Waals surface area contributed by atoms with Gasteiger partial charge in [-0.05, 0) is 6.92 Å². The maximum absolute atomic E-state index is 12.2. The Labute approximate surface area is 128 Å². The molecule has 1 aromatic heterocycles.